The number of hydrogen-bond donors (Lipinski definition) is 5. The molecule has 15 heterocycles. The number of piperidine rings is 5. The Morgan fingerprint density at radius 2 is 0.671 bits per heavy atom. The molecule has 5 aromatic carbocycles. The van der Waals surface area contributed by atoms with Crippen molar-refractivity contribution in [1.82, 2.24) is 76.2 Å². The van der Waals surface area contributed by atoms with Gasteiger partial charge in [-0.15, -0.1) is 0 Å². The van der Waals surface area contributed by atoms with Gasteiger partial charge in [-0.05, 0) is 272 Å². The standard InChI is InChI=1S/C22H26N4O2S.C21H21N5O2S.C21H27N5O2S.2C20H21FN4O2S/c1-3-29(27,28)26-8-5-20(6-9-26)25-22-12-18(19-10-16(2)13-24-14-19)11-17-4-7-23-15-21(17)22;1-29(27,28)26-8-4-18(5-9-26)25-21-12-17(10-16-2-6-23-14-20(16)21)15-3-7-24-19(11-15)13-22;1-3-8-25-15-18(13-23-25)17-11-16-4-7-22-14-20(16)21(12-17)24-19-5-9-26(10-6-19)29(2,27)28;1-28(26,27)25-8-4-16(5-9-25)24-20-11-15(17-3-7-23-13-19(17)21)10-14-2-6-22-12-18(14)20;1-28(26,27)25-6-3-18(4-7-25)24-20-10-15(16-9-17(21)12-23-11-16)8-14-2-5-22-13-19(14)20/h4,7,10-15,20,25H,3,5-6,8-9H2,1-2H3;2-3,6-7,10-12,14,18,25H,4-5,8-9H2,1H3;4,7,11-15,19,24H,3,5-6,8-10H2,1-2H3;2-3,6-7,10-13,16,24H,4-5,8-9H2,1H3;2,5,8-13,18,24H,3-4,6-7H2,1H3. The number of nitriles is 1. The normalized spacial score (nSPS) is 16.2. The van der Waals surface area contributed by atoms with E-state index in [9.17, 15) is 50.9 Å². The van der Waals surface area contributed by atoms with Gasteiger partial charge in [0.1, 0.15) is 23.4 Å². The fourth-order valence-electron chi connectivity index (χ4n) is 18.7. The lowest BCUT2D eigenvalue weighted by Gasteiger charge is -2.32. The Bertz CT molecular complexity index is 7750. The zero-order valence-electron chi connectivity index (χ0n) is 80.6. The summed E-state index contributed by atoms with van der Waals surface area (Å²) in [7, 11) is -15.7. The van der Waals surface area contributed by atoms with E-state index in [1.165, 1.54) is 56.4 Å². The van der Waals surface area contributed by atoms with Crippen molar-refractivity contribution in [2.45, 2.75) is 128 Å². The molecule has 0 saturated carbocycles. The Kier molecular flexibility index (Phi) is 32.8. The summed E-state index contributed by atoms with van der Waals surface area (Å²) in [4.78, 5) is 37.5. The van der Waals surface area contributed by atoms with Crippen molar-refractivity contribution in [2.24, 2.45) is 0 Å². The summed E-state index contributed by atoms with van der Waals surface area (Å²) >= 11 is 0. The number of benzene rings is 5. The number of sulfonamides is 5. The quantitative estimate of drug-likeness (QED) is 0.0397. The van der Waals surface area contributed by atoms with Gasteiger partial charge in [0.2, 0.25) is 50.1 Å². The number of anilines is 5. The number of rotatable bonds is 23. The molecule has 0 radical (unpaired) electrons. The maximum absolute atomic E-state index is 14.3. The fourth-order valence-corrected chi connectivity index (χ4v) is 23.4. The van der Waals surface area contributed by atoms with Crippen molar-refractivity contribution in [3.8, 4) is 61.7 Å². The molecule has 143 heavy (non-hydrogen) atoms. The van der Waals surface area contributed by atoms with E-state index in [2.05, 4.69) is 138 Å². The van der Waals surface area contributed by atoms with Crippen LogP contribution in [0.5, 0.6) is 0 Å². The average Bonchev–Trinajstić information content (AvgIpc) is 1.25. The Balaban J connectivity index is 0.000000128. The summed E-state index contributed by atoms with van der Waals surface area (Å²) in [6.07, 6.45) is 46.5. The zero-order valence-corrected chi connectivity index (χ0v) is 84.7. The van der Waals surface area contributed by atoms with Crippen LogP contribution in [0.4, 0.5) is 37.2 Å². The Labute approximate surface area is 833 Å². The number of pyridine rings is 9. The molecule has 0 spiro atoms. The van der Waals surface area contributed by atoms with Gasteiger partial charge in [0.15, 0.2) is 0 Å². The summed E-state index contributed by atoms with van der Waals surface area (Å²) in [5.41, 5.74) is 15.4. The van der Waals surface area contributed by atoms with Crippen LogP contribution in [0.1, 0.15) is 95.7 Å². The lowest BCUT2D eigenvalue weighted by molar-refractivity contribution is 0.330. The lowest BCUT2D eigenvalue weighted by Crippen LogP contribution is -2.42. The van der Waals surface area contributed by atoms with Crippen molar-refractivity contribution in [3.63, 3.8) is 0 Å². The van der Waals surface area contributed by atoms with Gasteiger partial charge in [0, 0.05) is 279 Å². The molecule has 0 bridgehead atoms. The molecule has 746 valence electrons. The first-order valence-electron chi connectivity index (χ1n) is 47.7. The third kappa shape index (κ3) is 26.5. The molecule has 32 nitrogen and oxygen atoms in total. The van der Waals surface area contributed by atoms with E-state index in [0.717, 1.165) is 197 Å². The first-order chi connectivity index (χ1) is 68.6. The first kappa shape index (κ1) is 103. The average molecular weight is 2030 g/mol. The zero-order chi connectivity index (χ0) is 101. The van der Waals surface area contributed by atoms with E-state index in [0.29, 0.717) is 95.1 Å². The number of nitrogens with one attached hydrogen (secondary N) is 5. The van der Waals surface area contributed by atoms with Crippen LogP contribution in [0.15, 0.2) is 239 Å². The maximum atomic E-state index is 14.3. The van der Waals surface area contributed by atoms with Gasteiger partial charge in [0.25, 0.3) is 0 Å². The monoisotopic (exact) mass is 2030 g/mol. The summed E-state index contributed by atoms with van der Waals surface area (Å²) < 4.78 is 156. The van der Waals surface area contributed by atoms with Crippen molar-refractivity contribution in [1.29, 1.82) is 5.26 Å². The number of nitrogens with zero attached hydrogens (tertiary/aromatic N) is 17. The van der Waals surface area contributed by atoms with Crippen molar-refractivity contribution < 1.29 is 50.9 Å². The third-order valence-electron chi connectivity index (χ3n) is 26.4. The topological polar surface area (TPSA) is 405 Å². The molecule has 5 N–H and O–H groups in total. The summed E-state index contributed by atoms with van der Waals surface area (Å²) in [5.74, 6) is -0.591. The molecule has 0 amide bonds. The van der Waals surface area contributed by atoms with Gasteiger partial charge in [-0.25, -0.2) is 77.4 Å². The molecule has 10 aromatic heterocycles. The molecule has 5 saturated heterocycles. The molecule has 20 rings (SSSR count). The van der Waals surface area contributed by atoms with Gasteiger partial charge in [-0.1, -0.05) is 6.92 Å². The highest BCUT2D eigenvalue weighted by molar-refractivity contribution is 7.89. The van der Waals surface area contributed by atoms with Crippen LogP contribution in [0.25, 0.3) is 109 Å². The molecule has 15 aromatic rings. The maximum Gasteiger partial charge on any atom is 0.213 e. The predicted molar refractivity (Wildman–Crippen MR) is 562 cm³/mol. The highest BCUT2D eigenvalue weighted by Crippen LogP contribution is 2.40. The molecule has 39 heteroatoms. The van der Waals surface area contributed by atoms with Gasteiger partial charge in [-0.3, -0.25) is 44.6 Å². The predicted octanol–water partition coefficient (Wildman–Crippen LogP) is 16.7. The fraction of sp³-hybridized carbons (Fsp3) is 0.337. The van der Waals surface area contributed by atoms with Crippen LogP contribution in [0.2, 0.25) is 0 Å². The SMILES string of the molecule is CCCn1cc(-c2cc(NC3CCN(S(C)(=O)=O)CC3)c3cnccc3c2)cn1.CCS(=O)(=O)N1CCC(Nc2cc(-c3cncc(C)c3)cc3ccncc23)CC1.CS(=O)(=O)N1CCC(Nc2cc(-c3ccnc(C#N)c3)cc3ccncc23)CC1.CS(=O)(=O)N1CCC(Nc2cc(-c3ccncc3F)cc3ccncc23)CC1.CS(=O)(=O)N1CCC(Nc2cc(-c3cncc(F)c3)cc3ccncc23)CC1. The van der Waals surface area contributed by atoms with E-state index in [4.69, 9.17) is 5.26 Å². The van der Waals surface area contributed by atoms with Crippen LogP contribution >= 0.6 is 0 Å². The van der Waals surface area contributed by atoms with Crippen molar-refractivity contribution in [3.05, 3.63) is 262 Å². The van der Waals surface area contributed by atoms with Gasteiger partial charge >= 0.3 is 0 Å². The van der Waals surface area contributed by atoms with E-state index in [-0.39, 0.29) is 47.6 Å². The second kappa shape index (κ2) is 45.6. The number of aryl methyl sites for hydroxylation is 2. The smallest absolute Gasteiger partial charge is 0.213 e. The largest absolute Gasteiger partial charge is 0.382 e. The van der Waals surface area contributed by atoms with Crippen LogP contribution in [-0.4, -0.2) is 245 Å². The number of hydrogen-bond acceptors (Lipinski definition) is 26. The van der Waals surface area contributed by atoms with E-state index < -0.39 is 50.1 Å². The lowest BCUT2D eigenvalue weighted by atomic mass is 9.99. The van der Waals surface area contributed by atoms with E-state index >= 15 is 0 Å². The molecule has 0 atom stereocenters. The molecule has 0 aliphatic carbocycles. The Morgan fingerprint density at radius 1 is 0.343 bits per heavy atom. The van der Waals surface area contributed by atoms with Crippen LogP contribution in [-0.2, 0) is 56.7 Å². The highest BCUT2D eigenvalue weighted by Gasteiger charge is 2.32. The van der Waals surface area contributed by atoms with E-state index in [1.54, 1.807) is 89.6 Å². The molecule has 5 aliphatic heterocycles. The molecule has 5 fully saturated rings. The minimum Gasteiger partial charge on any atom is -0.382 e. The highest BCUT2D eigenvalue weighted by atomic mass is 32.2. The second-order valence-corrected chi connectivity index (χ2v) is 46.9. The summed E-state index contributed by atoms with van der Waals surface area (Å²) in [6, 6.07) is 42.3. The van der Waals surface area contributed by atoms with Crippen LogP contribution in [0, 0.1) is 29.9 Å². The summed E-state index contributed by atoms with van der Waals surface area (Å²) in [6.45, 7) is 12.0. The van der Waals surface area contributed by atoms with E-state index in [1.807, 2.05) is 109 Å². The molecular formula is C104H116F2N22O10S5. The summed E-state index contributed by atoms with van der Waals surface area (Å²) in [5, 5.41) is 41.9. The molecule has 0 unspecified atom stereocenters. The van der Waals surface area contributed by atoms with Gasteiger partial charge < -0.3 is 26.6 Å². The number of halogens is 2. The third-order valence-corrected chi connectivity index (χ3v) is 33.5. The van der Waals surface area contributed by atoms with Crippen molar-refractivity contribution >= 4 is 132 Å². The second-order valence-electron chi connectivity index (χ2n) is 36.7. The van der Waals surface area contributed by atoms with Crippen molar-refractivity contribution in [2.75, 3.05) is 123 Å². The minimum atomic E-state index is -3.16. The number of aromatic nitrogens is 11. The molecule has 5 aliphatic rings. The Hall–Kier alpha value is -13.1. The van der Waals surface area contributed by atoms with Gasteiger partial charge in [-0.2, -0.15) is 10.4 Å². The minimum absolute atomic E-state index is 0.138. The number of fused-ring (bicyclic) bond motifs is 5. The Morgan fingerprint density at radius 3 is 1.01 bits per heavy atom. The molecular weight excluding hydrogens is 1920 g/mol. The van der Waals surface area contributed by atoms with Gasteiger partial charge in [0.05, 0.1) is 49.4 Å². The van der Waals surface area contributed by atoms with Crippen LogP contribution in [0.3, 0.4) is 0 Å². The van der Waals surface area contributed by atoms with Crippen LogP contribution < -0.4 is 26.6 Å². The first-order valence-corrected chi connectivity index (χ1v) is 56.7.